The Morgan fingerprint density at radius 2 is 2.35 bits per heavy atom. The number of aromatic nitrogens is 2. The molecular weight excluding hydrogens is 292 g/mol. The number of rotatable bonds is 5. The fourth-order valence-electron chi connectivity index (χ4n) is 3.02. The summed E-state index contributed by atoms with van der Waals surface area (Å²) in [4.78, 5) is 21.9. The predicted molar refractivity (Wildman–Crippen MR) is 89.4 cm³/mol. The van der Waals surface area contributed by atoms with Crippen LogP contribution in [0.4, 0.5) is 4.79 Å². The highest BCUT2D eigenvalue weighted by Gasteiger charge is 2.23. The minimum Gasteiger partial charge on any atom is -0.377 e. The Labute approximate surface area is 136 Å². The smallest absolute Gasteiger partial charge is 0.317 e. The van der Waals surface area contributed by atoms with Crippen LogP contribution in [0.15, 0.2) is 24.3 Å². The summed E-state index contributed by atoms with van der Waals surface area (Å²) in [5, 5.41) is 2.98. The maximum atomic E-state index is 12.2. The van der Waals surface area contributed by atoms with Crippen molar-refractivity contribution in [3.05, 3.63) is 30.1 Å². The molecule has 1 fully saturated rings. The summed E-state index contributed by atoms with van der Waals surface area (Å²) >= 11 is 0. The van der Waals surface area contributed by atoms with Crippen LogP contribution in [0.3, 0.4) is 0 Å². The average molecular weight is 316 g/mol. The molecule has 0 spiro atoms. The minimum absolute atomic E-state index is 0.00878. The van der Waals surface area contributed by atoms with Crippen molar-refractivity contribution in [3.8, 4) is 0 Å². The molecule has 124 valence electrons. The molecule has 2 aromatic rings. The number of aromatic amines is 1. The summed E-state index contributed by atoms with van der Waals surface area (Å²) in [6, 6.07) is 7.93. The lowest BCUT2D eigenvalue weighted by Crippen LogP contribution is -2.48. The maximum absolute atomic E-state index is 12.2. The second-order valence-electron chi connectivity index (χ2n) is 5.85. The van der Waals surface area contributed by atoms with Crippen molar-refractivity contribution in [2.24, 2.45) is 0 Å². The van der Waals surface area contributed by atoms with Crippen LogP contribution < -0.4 is 5.32 Å². The zero-order chi connectivity index (χ0) is 16.1. The Kier molecular flexibility index (Phi) is 5.12. The van der Waals surface area contributed by atoms with E-state index < -0.39 is 0 Å². The van der Waals surface area contributed by atoms with Crippen LogP contribution in [0.5, 0.6) is 0 Å². The normalized spacial score (nSPS) is 18.3. The first kappa shape index (κ1) is 15.8. The Morgan fingerprint density at radius 3 is 3.17 bits per heavy atom. The van der Waals surface area contributed by atoms with E-state index in [1.54, 1.807) is 0 Å². The molecule has 2 N–H and O–H groups in total. The van der Waals surface area contributed by atoms with E-state index in [0.717, 1.165) is 36.2 Å². The molecule has 0 saturated carbocycles. The van der Waals surface area contributed by atoms with Gasteiger partial charge in [0.2, 0.25) is 0 Å². The maximum Gasteiger partial charge on any atom is 0.317 e. The second kappa shape index (κ2) is 7.46. The molecule has 1 saturated heterocycles. The van der Waals surface area contributed by atoms with E-state index in [9.17, 15) is 4.79 Å². The molecule has 1 atom stereocenters. The van der Waals surface area contributed by atoms with Crippen molar-refractivity contribution in [2.75, 3.05) is 26.2 Å². The second-order valence-corrected chi connectivity index (χ2v) is 5.85. The monoisotopic (exact) mass is 316 g/mol. The zero-order valence-electron chi connectivity index (χ0n) is 13.5. The summed E-state index contributed by atoms with van der Waals surface area (Å²) in [7, 11) is 0. The van der Waals surface area contributed by atoms with Crippen molar-refractivity contribution in [1.29, 1.82) is 0 Å². The van der Waals surface area contributed by atoms with E-state index in [1.165, 1.54) is 0 Å². The topological polar surface area (TPSA) is 70.2 Å². The Bertz CT molecular complexity index is 620. The third-order valence-corrected chi connectivity index (χ3v) is 4.14. The number of H-pyrrole nitrogens is 1. The van der Waals surface area contributed by atoms with Gasteiger partial charge in [0.25, 0.3) is 0 Å². The molecule has 1 aliphatic heterocycles. The molecule has 0 radical (unpaired) electrons. The van der Waals surface area contributed by atoms with Crippen molar-refractivity contribution >= 4 is 17.1 Å². The van der Waals surface area contributed by atoms with Gasteiger partial charge >= 0.3 is 6.03 Å². The van der Waals surface area contributed by atoms with Gasteiger partial charge in [-0.2, -0.15) is 0 Å². The van der Waals surface area contributed by atoms with Crippen LogP contribution in [0.2, 0.25) is 0 Å². The van der Waals surface area contributed by atoms with Gasteiger partial charge in [0, 0.05) is 32.7 Å². The molecule has 1 aromatic heterocycles. The van der Waals surface area contributed by atoms with Crippen LogP contribution in [-0.4, -0.2) is 53.2 Å². The van der Waals surface area contributed by atoms with Crippen LogP contribution >= 0.6 is 0 Å². The quantitative estimate of drug-likeness (QED) is 0.889. The first-order valence-corrected chi connectivity index (χ1v) is 8.34. The molecule has 2 amide bonds. The van der Waals surface area contributed by atoms with E-state index in [2.05, 4.69) is 15.3 Å². The van der Waals surface area contributed by atoms with E-state index in [-0.39, 0.29) is 12.1 Å². The highest BCUT2D eigenvalue weighted by molar-refractivity contribution is 5.75. The third kappa shape index (κ3) is 4.01. The van der Waals surface area contributed by atoms with Crippen molar-refractivity contribution in [3.63, 3.8) is 0 Å². The number of imidazole rings is 1. The molecule has 0 unspecified atom stereocenters. The molecule has 1 aromatic carbocycles. The standard InChI is InChI=1S/C17H24N4O2/c1-2-23-13-6-5-11-21(12-13)17(22)18-10-9-16-19-14-7-3-4-8-15(14)20-16/h3-4,7-8,13H,2,5-6,9-12H2,1H3,(H,18,22)(H,19,20)/t13-/m0/s1. The average Bonchev–Trinajstić information content (AvgIpc) is 2.98. The third-order valence-electron chi connectivity index (χ3n) is 4.14. The summed E-state index contributed by atoms with van der Waals surface area (Å²) < 4.78 is 5.63. The van der Waals surface area contributed by atoms with E-state index in [1.807, 2.05) is 36.1 Å². The molecule has 0 aliphatic carbocycles. The van der Waals surface area contributed by atoms with Gasteiger partial charge in [0.15, 0.2) is 0 Å². The molecule has 3 rings (SSSR count). The fraction of sp³-hybridized carbons (Fsp3) is 0.529. The van der Waals surface area contributed by atoms with E-state index >= 15 is 0 Å². The molecule has 0 bridgehead atoms. The lowest BCUT2D eigenvalue weighted by molar-refractivity contribution is 0.0165. The van der Waals surface area contributed by atoms with Crippen molar-refractivity contribution in [2.45, 2.75) is 32.3 Å². The number of hydrogen-bond acceptors (Lipinski definition) is 3. The first-order chi connectivity index (χ1) is 11.3. The fourth-order valence-corrected chi connectivity index (χ4v) is 3.02. The summed E-state index contributed by atoms with van der Waals surface area (Å²) in [6.07, 6.45) is 2.91. The van der Waals surface area contributed by atoms with Gasteiger partial charge in [-0.1, -0.05) is 12.1 Å². The van der Waals surface area contributed by atoms with Gasteiger partial charge in [0.1, 0.15) is 5.82 Å². The number of carbonyl (C=O) groups is 1. The number of piperidine rings is 1. The van der Waals surface area contributed by atoms with Gasteiger partial charge in [-0.3, -0.25) is 0 Å². The van der Waals surface area contributed by atoms with Crippen molar-refractivity contribution in [1.82, 2.24) is 20.2 Å². The Balaban J connectivity index is 1.47. The molecule has 1 aliphatic rings. The largest absolute Gasteiger partial charge is 0.377 e. The number of urea groups is 1. The number of benzene rings is 1. The van der Waals surface area contributed by atoms with Gasteiger partial charge in [-0.15, -0.1) is 0 Å². The minimum atomic E-state index is -0.00878. The Hall–Kier alpha value is -2.08. The lowest BCUT2D eigenvalue weighted by atomic mass is 10.1. The van der Waals surface area contributed by atoms with Crippen molar-refractivity contribution < 1.29 is 9.53 Å². The number of fused-ring (bicyclic) bond motifs is 1. The van der Waals surface area contributed by atoms with Crippen LogP contribution in [0.1, 0.15) is 25.6 Å². The number of nitrogens with zero attached hydrogens (tertiary/aromatic N) is 2. The molecule has 23 heavy (non-hydrogen) atoms. The number of nitrogens with one attached hydrogen (secondary N) is 2. The van der Waals surface area contributed by atoms with Gasteiger partial charge < -0.3 is 19.9 Å². The predicted octanol–water partition coefficient (Wildman–Crippen LogP) is 2.32. The SMILES string of the molecule is CCO[C@H]1CCCN(C(=O)NCCc2nc3ccccc3[nH]2)C1. The number of amides is 2. The first-order valence-electron chi connectivity index (χ1n) is 8.34. The molecule has 2 heterocycles. The highest BCUT2D eigenvalue weighted by atomic mass is 16.5. The van der Waals surface area contributed by atoms with Gasteiger partial charge in [0.05, 0.1) is 17.1 Å². The van der Waals surface area contributed by atoms with Gasteiger partial charge in [-0.25, -0.2) is 9.78 Å². The number of likely N-dealkylation sites (tertiary alicyclic amines) is 1. The molecule has 6 nitrogen and oxygen atoms in total. The number of ether oxygens (including phenoxy) is 1. The molecule has 6 heteroatoms. The lowest BCUT2D eigenvalue weighted by Gasteiger charge is -2.32. The zero-order valence-corrected chi connectivity index (χ0v) is 13.5. The number of hydrogen-bond donors (Lipinski definition) is 2. The van der Waals surface area contributed by atoms with E-state index in [0.29, 0.717) is 26.1 Å². The van der Waals surface area contributed by atoms with Gasteiger partial charge in [-0.05, 0) is 31.9 Å². The summed E-state index contributed by atoms with van der Waals surface area (Å²) in [5.41, 5.74) is 1.99. The number of carbonyl (C=O) groups excluding carboxylic acids is 1. The van der Waals surface area contributed by atoms with E-state index in [4.69, 9.17) is 4.74 Å². The summed E-state index contributed by atoms with van der Waals surface area (Å²) in [5.74, 6) is 0.900. The van der Waals surface area contributed by atoms with Crippen LogP contribution in [-0.2, 0) is 11.2 Å². The highest BCUT2D eigenvalue weighted by Crippen LogP contribution is 2.13. The molecular formula is C17H24N4O2. The van der Waals surface area contributed by atoms with Crippen LogP contribution in [0, 0.1) is 0 Å². The Morgan fingerprint density at radius 1 is 1.48 bits per heavy atom. The summed E-state index contributed by atoms with van der Waals surface area (Å²) in [6.45, 7) is 4.76. The van der Waals surface area contributed by atoms with Crippen LogP contribution in [0.25, 0.3) is 11.0 Å². The number of para-hydroxylation sites is 2.